The first-order valence-corrected chi connectivity index (χ1v) is 8.90. The maximum Gasteiger partial charge on any atom is 0.250 e. The molecular formula is C20H20FN5O. The van der Waals surface area contributed by atoms with Crippen molar-refractivity contribution in [1.82, 2.24) is 15.3 Å². The molecule has 2 aromatic carbocycles. The number of nitrogens with two attached hydrogens (primary N) is 1. The largest absolute Gasteiger partial charge is 0.366 e. The third-order valence-electron chi connectivity index (χ3n) is 5.03. The van der Waals surface area contributed by atoms with Crippen LogP contribution in [0.2, 0.25) is 0 Å². The summed E-state index contributed by atoms with van der Waals surface area (Å²) in [6, 6.07) is 12.0. The van der Waals surface area contributed by atoms with Crippen LogP contribution in [0.1, 0.15) is 28.3 Å². The molecule has 1 amide bonds. The number of nitrogens with one attached hydrogen (secondary N) is 2. The zero-order valence-corrected chi connectivity index (χ0v) is 14.7. The third-order valence-corrected chi connectivity index (χ3v) is 5.03. The number of hydrogen-bond donors (Lipinski definition) is 3. The number of para-hydroxylation sites is 1. The predicted octanol–water partition coefficient (Wildman–Crippen LogP) is 2.43. The Balaban J connectivity index is 1.68. The lowest BCUT2D eigenvalue weighted by Crippen LogP contribution is -2.44. The van der Waals surface area contributed by atoms with Gasteiger partial charge >= 0.3 is 0 Å². The number of rotatable bonds is 4. The van der Waals surface area contributed by atoms with Crippen molar-refractivity contribution in [2.75, 3.05) is 18.4 Å². The summed E-state index contributed by atoms with van der Waals surface area (Å²) < 4.78 is 13.3. The first kappa shape index (κ1) is 17.4. The minimum atomic E-state index is -0.520. The molecule has 0 radical (unpaired) electrons. The molecule has 27 heavy (non-hydrogen) atoms. The molecule has 1 aliphatic heterocycles. The summed E-state index contributed by atoms with van der Waals surface area (Å²) in [6.45, 7) is 1.65. The van der Waals surface area contributed by atoms with Crippen LogP contribution in [-0.4, -0.2) is 35.0 Å². The molecule has 1 fully saturated rings. The Labute approximate surface area is 156 Å². The highest BCUT2D eigenvalue weighted by atomic mass is 19.1. The van der Waals surface area contributed by atoms with Gasteiger partial charge < -0.3 is 16.4 Å². The lowest BCUT2D eigenvalue weighted by atomic mass is 9.86. The predicted molar refractivity (Wildman–Crippen MR) is 102 cm³/mol. The van der Waals surface area contributed by atoms with Gasteiger partial charge in [0, 0.05) is 23.9 Å². The average Bonchev–Trinajstić information content (AvgIpc) is 2.69. The molecule has 7 heteroatoms. The molecule has 1 aliphatic rings. The van der Waals surface area contributed by atoms with Crippen molar-refractivity contribution in [2.45, 2.75) is 18.4 Å². The van der Waals surface area contributed by atoms with E-state index in [1.165, 1.54) is 18.5 Å². The van der Waals surface area contributed by atoms with E-state index in [0.29, 0.717) is 16.9 Å². The molecule has 138 valence electrons. The molecule has 3 aromatic rings. The highest BCUT2D eigenvalue weighted by Gasteiger charge is 2.27. The van der Waals surface area contributed by atoms with Crippen LogP contribution in [0.3, 0.4) is 0 Å². The van der Waals surface area contributed by atoms with Crippen molar-refractivity contribution in [3.05, 3.63) is 65.7 Å². The van der Waals surface area contributed by atoms with E-state index in [1.807, 2.05) is 18.2 Å². The van der Waals surface area contributed by atoms with Crippen LogP contribution < -0.4 is 16.4 Å². The molecule has 0 aliphatic carbocycles. The van der Waals surface area contributed by atoms with E-state index in [-0.39, 0.29) is 17.8 Å². The fourth-order valence-corrected chi connectivity index (χ4v) is 3.70. The van der Waals surface area contributed by atoms with Crippen molar-refractivity contribution < 1.29 is 9.18 Å². The van der Waals surface area contributed by atoms with Crippen molar-refractivity contribution in [3.8, 4) is 0 Å². The van der Waals surface area contributed by atoms with Gasteiger partial charge in [-0.05, 0) is 42.8 Å². The summed E-state index contributed by atoms with van der Waals surface area (Å²) in [5.41, 5.74) is 7.46. The normalized spacial score (nSPS) is 19.7. The van der Waals surface area contributed by atoms with E-state index in [1.54, 1.807) is 12.1 Å². The number of nitrogens with zero attached hydrogens (tertiary/aromatic N) is 2. The van der Waals surface area contributed by atoms with Gasteiger partial charge in [0.15, 0.2) is 0 Å². The summed E-state index contributed by atoms with van der Waals surface area (Å²) in [6.07, 6.45) is 2.36. The molecule has 6 nitrogen and oxygen atoms in total. The second-order valence-corrected chi connectivity index (χ2v) is 6.69. The van der Waals surface area contributed by atoms with Crippen molar-refractivity contribution in [2.24, 2.45) is 5.73 Å². The van der Waals surface area contributed by atoms with Gasteiger partial charge in [0.05, 0.1) is 11.1 Å². The maximum absolute atomic E-state index is 13.3. The van der Waals surface area contributed by atoms with Gasteiger partial charge in [-0.2, -0.15) is 0 Å². The number of halogens is 1. The summed E-state index contributed by atoms with van der Waals surface area (Å²) in [5, 5.41) is 7.63. The molecule has 0 saturated carbocycles. The molecule has 1 saturated heterocycles. The quantitative estimate of drug-likeness (QED) is 0.660. The Bertz CT molecular complexity index is 976. The van der Waals surface area contributed by atoms with Crippen molar-refractivity contribution in [1.29, 1.82) is 0 Å². The fraction of sp³-hybridized carbons (Fsp3) is 0.250. The molecular weight excluding hydrogens is 345 g/mol. The minimum Gasteiger partial charge on any atom is -0.366 e. The van der Waals surface area contributed by atoms with Crippen LogP contribution in [0, 0.1) is 5.82 Å². The van der Waals surface area contributed by atoms with Crippen molar-refractivity contribution >= 4 is 22.6 Å². The summed E-state index contributed by atoms with van der Waals surface area (Å²) in [4.78, 5) is 20.3. The SMILES string of the molecule is NC(=O)c1cccc2c(NC3CNCCC3c3ccc(F)cc3)ncnc12. The number of carbonyl (C=O) groups excluding carboxylic acids is 1. The number of fused-ring (bicyclic) bond motifs is 1. The Hall–Kier alpha value is -3.06. The van der Waals surface area contributed by atoms with E-state index < -0.39 is 5.91 Å². The molecule has 4 rings (SSSR count). The van der Waals surface area contributed by atoms with Gasteiger partial charge in [0.25, 0.3) is 5.91 Å². The zero-order valence-electron chi connectivity index (χ0n) is 14.7. The Morgan fingerprint density at radius 1 is 1.19 bits per heavy atom. The number of amides is 1. The van der Waals surface area contributed by atoms with Gasteiger partial charge in [-0.25, -0.2) is 14.4 Å². The Kier molecular flexibility index (Phi) is 4.68. The zero-order chi connectivity index (χ0) is 18.8. The fourth-order valence-electron chi connectivity index (χ4n) is 3.70. The lowest BCUT2D eigenvalue weighted by Gasteiger charge is -2.33. The van der Waals surface area contributed by atoms with Gasteiger partial charge in [-0.3, -0.25) is 4.79 Å². The first-order valence-electron chi connectivity index (χ1n) is 8.90. The van der Waals surface area contributed by atoms with E-state index in [0.717, 1.165) is 30.5 Å². The highest BCUT2D eigenvalue weighted by molar-refractivity contribution is 6.06. The topological polar surface area (TPSA) is 92.9 Å². The van der Waals surface area contributed by atoms with Crippen LogP contribution in [0.25, 0.3) is 10.9 Å². The van der Waals surface area contributed by atoms with Gasteiger partial charge in [0.1, 0.15) is 18.0 Å². The van der Waals surface area contributed by atoms with Crippen LogP contribution in [-0.2, 0) is 0 Å². The van der Waals surface area contributed by atoms with E-state index in [4.69, 9.17) is 5.73 Å². The molecule has 0 spiro atoms. The second kappa shape index (κ2) is 7.28. The highest BCUT2D eigenvalue weighted by Crippen LogP contribution is 2.30. The molecule has 2 atom stereocenters. The maximum atomic E-state index is 13.3. The molecule has 4 N–H and O–H groups in total. The third kappa shape index (κ3) is 3.46. The second-order valence-electron chi connectivity index (χ2n) is 6.69. The number of piperidine rings is 1. The smallest absolute Gasteiger partial charge is 0.250 e. The number of aromatic nitrogens is 2. The summed E-state index contributed by atoms with van der Waals surface area (Å²) in [5.74, 6) is 0.117. The van der Waals surface area contributed by atoms with Crippen LogP contribution in [0.4, 0.5) is 10.2 Å². The number of primary amides is 1. The molecule has 2 heterocycles. The number of anilines is 1. The van der Waals surface area contributed by atoms with Crippen LogP contribution in [0.5, 0.6) is 0 Å². The Morgan fingerprint density at radius 2 is 2.00 bits per heavy atom. The lowest BCUT2D eigenvalue weighted by molar-refractivity contribution is 0.100. The van der Waals surface area contributed by atoms with Crippen LogP contribution in [0.15, 0.2) is 48.8 Å². The number of benzene rings is 2. The van der Waals surface area contributed by atoms with Gasteiger partial charge in [-0.15, -0.1) is 0 Å². The summed E-state index contributed by atoms with van der Waals surface area (Å²) >= 11 is 0. The number of carbonyl (C=O) groups is 1. The van der Waals surface area contributed by atoms with E-state index >= 15 is 0 Å². The number of hydrogen-bond acceptors (Lipinski definition) is 5. The van der Waals surface area contributed by atoms with Gasteiger partial charge in [-0.1, -0.05) is 18.2 Å². The average molecular weight is 365 g/mol. The van der Waals surface area contributed by atoms with Crippen LogP contribution >= 0.6 is 0 Å². The van der Waals surface area contributed by atoms with Gasteiger partial charge in [0.2, 0.25) is 0 Å². The standard InChI is InChI=1S/C20H20FN5O/c21-13-6-4-12(5-7-13)14-8-9-23-10-17(14)26-20-16-3-1-2-15(19(22)27)18(16)24-11-25-20/h1-7,11,14,17,23H,8-10H2,(H2,22,27)(H,24,25,26). The first-order chi connectivity index (χ1) is 13.1. The molecule has 0 bridgehead atoms. The molecule has 1 aromatic heterocycles. The van der Waals surface area contributed by atoms with Crippen molar-refractivity contribution in [3.63, 3.8) is 0 Å². The Morgan fingerprint density at radius 3 is 2.78 bits per heavy atom. The van der Waals surface area contributed by atoms with E-state index in [2.05, 4.69) is 20.6 Å². The summed E-state index contributed by atoms with van der Waals surface area (Å²) in [7, 11) is 0. The molecule has 2 unspecified atom stereocenters. The minimum absolute atomic E-state index is 0.0690. The monoisotopic (exact) mass is 365 g/mol. The van der Waals surface area contributed by atoms with E-state index in [9.17, 15) is 9.18 Å².